The summed E-state index contributed by atoms with van der Waals surface area (Å²) in [6.45, 7) is 9.71. The van der Waals surface area contributed by atoms with Crippen LogP contribution in [0.1, 0.15) is 90.0 Å². The summed E-state index contributed by atoms with van der Waals surface area (Å²) in [6, 6.07) is 0.199. The van der Waals surface area contributed by atoms with E-state index in [1.807, 2.05) is 0 Å². The molecule has 19 heavy (non-hydrogen) atoms. The largest absolute Gasteiger partial charge is 0.423 e. The predicted octanol–water partition coefficient (Wildman–Crippen LogP) is 4.20. The molecular weight excluding hydrogens is 238 g/mol. The van der Waals surface area contributed by atoms with Crippen LogP contribution in [-0.4, -0.2) is 16.7 Å². The van der Waals surface area contributed by atoms with E-state index in [-0.39, 0.29) is 6.04 Å². The molecule has 4 heteroatoms. The minimum absolute atomic E-state index is 0.199. The van der Waals surface area contributed by atoms with Gasteiger partial charge in [-0.25, -0.2) is 0 Å². The van der Waals surface area contributed by atoms with Crippen molar-refractivity contribution in [2.45, 2.75) is 78.2 Å². The van der Waals surface area contributed by atoms with E-state index in [0.717, 1.165) is 56.9 Å². The van der Waals surface area contributed by atoms with E-state index in [9.17, 15) is 0 Å². The summed E-state index contributed by atoms with van der Waals surface area (Å²) in [7, 11) is 0. The molecule has 1 N–H and O–H groups in total. The molecule has 0 radical (unpaired) electrons. The van der Waals surface area contributed by atoms with Crippen LogP contribution in [0.4, 0.5) is 0 Å². The molecule has 0 fully saturated rings. The van der Waals surface area contributed by atoms with Crippen molar-refractivity contribution in [3.63, 3.8) is 0 Å². The monoisotopic (exact) mass is 267 g/mol. The van der Waals surface area contributed by atoms with Crippen LogP contribution in [0.15, 0.2) is 4.42 Å². The zero-order valence-corrected chi connectivity index (χ0v) is 12.9. The molecule has 0 saturated carbocycles. The predicted molar refractivity (Wildman–Crippen MR) is 78.2 cm³/mol. The van der Waals surface area contributed by atoms with Gasteiger partial charge in [0.1, 0.15) is 0 Å². The molecule has 1 rings (SSSR count). The Morgan fingerprint density at radius 3 is 2.11 bits per heavy atom. The smallest absolute Gasteiger partial charge is 0.233 e. The first-order valence-corrected chi connectivity index (χ1v) is 7.83. The van der Waals surface area contributed by atoms with Crippen LogP contribution < -0.4 is 5.32 Å². The summed E-state index contributed by atoms with van der Waals surface area (Å²) >= 11 is 0. The summed E-state index contributed by atoms with van der Waals surface area (Å²) in [6.07, 6.45) is 6.68. The van der Waals surface area contributed by atoms with E-state index >= 15 is 0 Å². The van der Waals surface area contributed by atoms with Crippen molar-refractivity contribution in [2.24, 2.45) is 0 Å². The van der Waals surface area contributed by atoms with Crippen molar-refractivity contribution in [2.75, 3.05) is 6.54 Å². The normalized spacial score (nSPS) is 13.1. The fraction of sp³-hybridized carbons (Fsp3) is 0.867. The molecule has 0 aromatic carbocycles. The van der Waals surface area contributed by atoms with Crippen LogP contribution in [0.2, 0.25) is 0 Å². The first-order chi connectivity index (χ1) is 9.26. The van der Waals surface area contributed by atoms with Gasteiger partial charge < -0.3 is 9.73 Å². The van der Waals surface area contributed by atoms with Gasteiger partial charge in [0.25, 0.3) is 0 Å². The summed E-state index contributed by atoms with van der Waals surface area (Å²) < 4.78 is 5.92. The lowest BCUT2D eigenvalue weighted by atomic mass is 9.98. The molecule has 0 saturated heterocycles. The third kappa shape index (κ3) is 4.94. The maximum Gasteiger partial charge on any atom is 0.233 e. The molecule has 0 bridgehead atoms. The Morgan fingerprint density at radius 1 is 0.947 bits per heavy atom. The number of rotatable bonds is 10. The average molecular weight is 267 g/mol. The lowest BCUT2D eigenvalue weighted by Crippen LogP contribution is -2.21. The van der Waals surface area contributed by atoms with Crippen LogP contribution in [0.5, 0.6) is 0 Å². The first kappa shape index (κ1) is 16.2. The second kappa shape index (κ2) is 9.08. The summed E-state index contributed by atoms with van der Waals surface area (Å²) in [5.41, 5.74) is 0. The number of aromatic nitrogens is 2. The van der Waals surface area contributed by atoms with Crippen LogP contribution in [0.3, 0.4) is 0 Å². The minimum atomic E-state index is 0.199. The van der Waals surface area contributed by atoms with Gasteiger partial charge in [0.05, 0.1) is 6.04 Å². The second-order valence-corrected chi connectivity index (χ2v) is 5.17. The quantitative estimate of drug-likeness (QED) is 0.690. The molecule has 0 aliphatic heterocycles. The van der Waals surface area contributed by atoms with Crippen LogP contribution in [-0.2, 0) is 0 Å². The van der Waals surface area contributed by atoms with E-state index in [1.54, 1.807) is 0 Å². The van der Waals surface area contributed by atoms with Crippen LogP contribution >= 0.6 is 0 Å². The average Bonchev–Trinajstić information content (AvgIpc) is 2.89. The molecule has 1 aromatic rings. The fourth-order valence-corrected chi connectivity index (χ4v) is 2.37. The Balaban J connectivity index is 2.72. The molecular formula is C15H29N3O. The molecule has 0 aliphatic carbocycles. The molecule has 110 valence electrons. The van der Waals surface area contributed by atoms with E-state index in [2.05, 4.69) is 43.2 Å². The Hall–Kier alpha value is -0.900. The summed E-state index contributed by atoms with van der Waals surface area (Å²) in [5, 5.41) is 12.0. The van der Waals surface area contributed by atoms with Gasteiger partial charge in [0.2, 0.25) is 11.8 Å². The van der Waals surface area contributed by atoms with Gasteiger partial charge in [-0.15, -0.1) is 10.2 Å². The van der Waals surface area contributed by atoms with Crippen molar-refractivity contribution in [1.82, 2.24) is 15.5 Å². The van der Waals surface area contributed by atoms with Gasteiger partial charge in [-0.2, -0.15) is 0 Å². The molecule has 1 atom stereocenters. The van der Waals surface area contributed by atoms with E-state index < -0.39 is 0 Å². The Labute approximate surface area is 117 Å². The SMILES string of the molecule is CCCNC(CC)c1nnc(C(CCC)CCC)o1. The highest BCUT2D eigenvalue weighted by Crippen LogP contribution is 2.27. The van der Waals surface area contributed by atoms with Gasteiger partial charge >= 0.3 is 0 Å². The molecule has 4 nitrogen and oxygen atoms in total. The molecule has 0 aliphatic rings. The third-order valence-corrected chi connectivity index (χ3v) is 3.43. The Kier molecular flexibility index (Phi) is 7.72. The maximum absolute atomic E-state index is 5.92. The molecule has 0 amide bonds. The molecule has 1 unspecified atom stereocenters. The highest BCUT2D eigenvalue weighted by Gasteiger charge is 2.20. The minimum Gasteiger partial charge on any atom is -0.423 e. The standard InChI is InChI=1S/C15H29N3O/c1-5-9-12(10-6-2)14-17-18-15(19-14)13(8-4)16-11-7-3/h12-13,16H,5-11H2,1-4H3. The third-order valence-electron chi connectivity index (χ3n) is 3.43. The van der Waals surface area contributed by atoms with Crippen molar-refractivity contribution >= 4 is 0 Å². The molecule has 1 heterocycles. The second-order valence-electron chi connectivity index (χ2n) is 5.17. The van der Waals surface area contributed by atoms with E-state index in [1.165, 1.54) is 0 Å². The van der Waals surface area contributed by atoms with Crippen LogP contribution in [0.25, 0.3) is 0 Å². The Bertz CT molecular complexity index is 332. The fourth-order valence-electron chi connectivity index (χ4n) is 2.37. The van der Waals surface area contributed by atoms with Crippen molar-refractivity contribution in [1.29, 1.82) is 0 Å². The van der Waals surface area contributed by atoms with Gasteiger partial charge in [-0.1, -0.05) is 40.5 Å². The van der Waals surface area contributed by atoms with E-state index in [4.69, 9.17) is 4.42 Å². The number of nitrogens with zero attached hydrogens (tertiary/aromatic N) is 2. The molecule has 0 spiro atoms. The topological polar surface area (TPSA) is 51.0 Å². The molecule has 1 aromatic heterocycles. The highest BCUT2D eigenvalue weighted by atomic mass is 16.4. The highest BCUT2D eigenvalue weighted by molar-refractivity contribution is 4.95. The Morgan fingerprint density at radius 2 is 1.58 bits per heavy atom. The lowest BCUT2D eigenvalue weighted by Gasteiger charge is -2.12. The van der Waals surface area contributed by atoms with Gasteiger partial charge in [-0.3, -0.25) is 0 Å². The van der Waals surface area contributed by atoms with Gasteiger partial charge in [0, 0.05) is 5.92 Å². The van der Waals surface area contributed by atoms with Crippen molar-refractivity contribution in [3.8, 4) is 0 Å². The number of hydrogen-bond donors (Lipinski definition) is 1. The van der Waals surface area contributed by atoms with Gasteiger partial charge in [-0.05, 0) is 32.2 Å². The lowest BCUT2D eigenvalue weighted by molar-refractivity contribution is 0.346. The van der Waals surface area contributed by atoms with E-state index in [0.29, 0.717) is 5.92 Å². The summed E-state index contributed by atoms with van der Waals surface area (Å²) in [4.78, 5) is 0. The number of hydrogen-bond acceptors (Lipinski definition) is 4. The summed E-state index contributed by atoms with van der Waals surface area (Å²) in [5.74, 6) is 2.01. The van der Waals surface area contributed by atoms with Crippen molar-refractivity contribution in [3.05, 3.63) is 11.8 Å². The zero-order valence-electron chi connectivity index (χ0n) is 12.9. The van der Waals surface area contributed by atoms with Gasteiger partial charge in [0.15, 0.2) is 0 Å². The number of nitrogens with one attached hydrogen (secondary N) is 1. The first-order valence-electron chi connectivity index (χ1n) is 7.83. The maximum atomic E-state index is 5.92. The zero-order chi connectivity index (χ0) is 14.1. The van der Waals surface area contributed by atoms with Crippen LogP contribution in [0, 0.1) is 0 Å². The van der Waals surface area contributed by atoms with Crippen molar-refractivity contribution < 1.29 is 4.42 Å².